The van der Waals surface area contributed by atoms with Crippen molar-refractivity contribution in [3.8, 4) is 0 Å². The Morgan fingerprint density at radius 1 is 1.37 bits per heavy atom. The lowest BCUT2D eigenvalue weighted by atomic mass is 10.3. The molecule has 0 saturated carbocycles. The van der Waals surface area contributed by atoms with E-state index >= 15 is 0 Å². The molecule has 0 saturated heterocycles. The van der Waals surface area contributed by atoms with Crippen LogP contribution in [0.3, 0.4) is 0 Å². The topological polar surface area (TPSA) is 87.3 Å². The van der Waals surface area contributed by atoms with Crippen LogP contribution in [0, 0.1) is 0 Å². The number of rotatable bonds is 7. The van der Waals surface area contributed by atoms with Crippen LogP contribution in [0.4, 0.5) is 11.4 Å². The van der Waals surface area contributed by atoms with Gasteiger partial charge in [0.2, 0.25) is 15.9 Å². The average molecular weight is 283 g/mol. The van der Waals surface area contributed by atoms with Gasteiger partial charge in [0.1, 0.15) is 0 Å². The largest absolute Gasteiger partial charge is 0.325 e. The summed E-state index contributed by atoms with van der Waals surface area (Å²) in [4.78, 5) is 11.5. The lowest BCUT2D eigenvalue weighted by molar-refractivity contribution is -0.115. The van der Waals surface area contributed by atoms with Gasteiger partial charge < -0.3 is 10.6 Å². The maximum Gasteiger partial charge on any atom is 0.238 e. The van der Waals surface area contributed by atoms with E-state index in [-0.39, 0.29) is 12.5 Å². The maximum absolute atomic E-state index is 11.5. The Bertz CT molecular complexity index is 555. The first-order valence-corrected chi connectivity index (χ1v) is 7.49. The van der Waals surface area contributed by atoms with Gasteiger partial charge in [0, 0.05) is 12.2 Å². The Morgan fingerprint density at radius 3 is 2.68 bits per heavy atom. The van der Waals surface area contributed by atoms with E-state index in [9.17, 15) is 13.2 Å². The Morgan fingerprint density at radius 2 is 2.05 bits per heavy atom. The van der Waals surface area contributed by atoms with Crippen molar-refractivity contribution in [3.63, 3.8) is 0 Å². The van der Waals surface area contributed by atoms with Crippen LogP contribution in [0.1, 0.15) is 0 Å². The highest BCUT2D eigenvalue weighted by Gasteiger charge is 2.04. The minimum absolute atomic E-state index is 0.162. The summed E-state index contributed by atoms with van der Waals surface area (Å²) in [6, 6.07) is 6.48. The highest BCUT2D eigenvalue weighted by atomic mass is 32.2. The fraction of sp³-hybridized carbons (Fsp3) is 0.250. The fourth-order valence-corrected chi connectivity index (χ4v) is 1.92. The Kier molecular flexibility index (Phi) is 5.53. The molecular formula is C12H17N3O3S. The molecular weight excluding hydrogens is 266 g/mol. The molecule has 0 aliphatic heterocycles. The molecule has 3 N–H and O–H groups in total. The van der Waals surface area contributed by atoms with Crippen LogP contribution in [0.5, 0.6) is 0 Å². The molecule has 0 atom stereocenters. The zero-order valence-electron chi connectivity index (χ0n) is 10.6. The van der Waals surface area contributed by atoms with Crippen molar-refractivity contribution in [3.05, 3.63) is 36.9 Å². The van der Waals surface area contributed by atoms with Crippen molar-refractivity contribution in [2.45, 2.75) is 0 Å². The summed E-state index contributed by atoms with van der Waals surface area (Å²) in [6.07, 6.45) is 2.72. The summed E-state index contributed by atoms with van der Waals surface area (Å²) in [7, 11) is -3.33. The smallest absolute Gasteiger partial charge is 0.238 e. The lowest BCUT2D eigenvalue weighted by Crippen LogP contribution is -2.28. The van der Waals surface area contributed by atoms with Gasteiger partial charge >= 0.3 is 0 Å². The molecule has 0 heterocycles. The number of hydrogen-bond acceptors (Lipinski definition) is 4. The second-order valence-corrected chi connectivity index (χ2v) is 5.67. The van der Waals surface area contributed by atoms with E-state index in [1.807, 2.05) is 0 Å². The number of anilines is 2. The van der Waals surface area contributed by atoms with Crippen LogP contribution in [0.2, 0.25) is 0 Å². The molecule has 0 aliphatic rings. The Labute approximate surface area is 113 Å². The van der Waals surface area contributed by atoms with Crippen molar-refractivity contribution < 1.29 is 13.2 Å². The second kappa shape index (κ2) is 6.91. The zero-order chi connectivity index (χ0) is 14.3. The molecule has 0 bridgehead atoms. The van der Waals surface area contributed by atoms with Crippen molar-refractivity contribution in [1.29, 1.82) is 0 Å². The molecule has 1 amide bonds. The molecule has 0 unspecified atom stereocenters. The number of nitrogens with one attached hydrogen (secondary N) is 3. The second-order valence-electron chi connectivity index (χ2n) is 3.92. The molecule has 1 aromatic carbocycles. The van der Waals surface area contributed by atoms with E-state index in [0.717, 1.165) is 6.26 Å². The summed E-state index contributed by atoms with van der Waals surface area (Å²) in [5.74, 6) is -0.210. The quantitative estimate of drug-likeness (QED) is 0.509. The van der Waals surface area contributed by atoms with Crippen LogP contribution in [-0.2, 0) is 14.8 Å². The number of hydrogen-bond donors (Lipinski definition) is 3. The standard InChI is InChI=1S/C12H17N3O3S/c1-3-7-13-9-12(16)14-10-5-4-6-11(8-10)15-19(2,17)18/h3-6,8,13,15H,1,7,9H2,2H3,(H,14,16). The maximum atomic E-state index is 11.5. The van der Waals surface area contributed by atoms with Crippen molar-refractivity contribution in [2.75, 3.05) is 29.4 Å². The van der Waals surface area contributed by atoms with Gasteiger partial charge in [-0.05, 0) is 18.2 Å². The van der Waals surface area contributed by atoms with Gasteiger partial charge in [-0.25, -0.2) is 8.42 Å². The molecule has 104 valence electrons. The third kappa shape index (κ3) is 6.58. The van der Waals surface area contributed by atoms with Crippen molar-refractivity contribution in [2.24, 2.45) is 0 Å². The molecule has 0 aliphatic carbocycles. The SMILES string of the molecule is C=CCNCC(=O)Nc1cccc(NS(C)(=O)=O)c1. The van der Waals surface area contributed by atoms with Crippen molar-refractivity contribution in [1.82, 2.24) is 5.32 Å². The van der Waals surface area contributed by atoms with E-state index in [2.05, 4.69) is 21.9 Å². The Hall–Kier alpha value is -1.86. The van der Waals surface area contributed by atoms with Crippen molar-refractivity contribution >= 4 is 27.3 Å². The molecule has 6 nitrogen and oxygen atoms in total. The summed E-state index contributed by atoms with van der Waals surface area (Å²) >= 11 is 0. The van der Waals surface area contributed by atoms with E-state index < -0.39 is 10.0 Å². The van der Waals surface area contributed by atoms with Gasteiger partial charge in [0.25, 0.3) is 0 Å². The van der Waals surface area contributed by atoms with Gasteiger partial charge in [-0.1, -0.05) is 12.1 Å². The predicted molar refractivity (Wildman–Crippen MR) is 76.6 cm³/mol. The first kappa shape index (κ1) is 15.2. The summed E-state index contributed by atoms with van der Waals surface area (Å²) in [5.41, 5.74) is 0.929. The zero-order valence-corrected chi connectivity index (χ0v) is 11.5. The normalized spacial score (nSPS) is 10.8. The first-order valence-electron chi connectivity index (χ1n) is 5.60. The highest BCUT2D eigenvalue weighted by Crippen LogP contribution is 2.15. The number of sulfonamides is 1. The van der Waals surface area contributed by atoms with Gasteiger partial charge in [0.15, 0.2) is 0 Å². The number of carbonyl (C=O) groups is 1. The number of benzene rings is 1. The molecule has 0 aromatic heterocycles. The van der Waals surface area contributed by atoms with E-state index in [0.29, 0.717) is 17.9 Å². The van der Waals surface area contributed by atoms with Gasteiger partial charge in [-0.3, -0.25) is 9.52 Å². The average Bonchev–Trinajstić information content (AvgIpc) is 2.27. The summed E-state index contributed by atoms with van der Waals surface area (Å²) in [6.45, 7) is 4.24. The molecule has 0 radical (unpaired) electrons. The molecule has 19 heavy (non-hydrogen) atoms. The molecule has 0 fully saturated rings. The summed E-state index contributed by atoms with van der Waals surface area (Å²) < 4.78 is 24.5. The number of carbonyl (C=O) groups excluding carboxylic acids is 1. The lowest BCUT2D eigenvalue weighted by Gasteiger charge is -2.08. The number of amides is 1. The molecule has 7 heteroatoms. The molecule has 0 spiro atoms. The monoisotopic (exact) mass is 283 g/mol. The Balaban J connectivity index is 2.61. The van der Waals surface area contributed by atoms with Crippen LogP contribution < -0.4 is 15.4 Å². The van der Waals surface area contributed by atoms with E-state index in [4.69, 9.17) is 0 Å². The molecule has 1 aromatic rings. The highest BCUT2D eigenvalue weighted by molar-refractivity contribution is 7.92. The van der Waals surface area contributed by atoms with Crippen LogP contribution in [0.25, 0.3) is 0 Å². The van der Waals surface area contributed by atoms with E-state index in [1.54, 1.807) is 30.3 Å². The van der Waals surface area contributed by atoms with Crippen LogP contribution in [-0.4, -0.2) is 33.7 Å². The minimum Gasteiger partial charge on any atom is -0.325 e. The minimum atomic E-state index is -3.33. The third-order valence-corrected chi connectivity index (χ3v) is 2.63. The predicted octanol–water partition coefficient (Wildman–Crippen LogP) is 0.772. The van der Waals surface area contributed by atoms with Crippen LogP contribution >= 0.6 is 0 Å². The van der Waals surface area contributed by atoms with Crippen LogP contribution in [0.15, 0.2) is 36.9 Å². The van der Waals surface area contributed by atoms with Gasteiger partial charge in [0.05, 0.1) is 18.5 Å². The van der Waals surface area contributed by atoms with E-state index in [1.165, 1.54) is 0 Å². The third-order valence-electron chi connectivity index (χ3n) is 2.02. The van der Waals surface area contributed by atoms with Gasteiger partial charge in [-0.15, -0.1) is 6.58 Å². The van der Waals surface area contributed by atoms with Gasteiger partial charge in [-0.2, -0.15) is 0 Å². The molecule has 1 rings (SSSR count). The summed E-state index contributed by atoms with van der Waals surface area (Å²) in [5, 5.41) is 5.52. The first-order chi connectivity index (χ1) is 8.90. The fourth-order valence-electron chi connectivity index (χ4n) is 1.37.